The summed E-state index contributed by atoms with van der Waals surface area (Å²) in [6, 6.07) is 3.46. The molecule has 9 heteroatoms. The summed E-state index contributed by atoms with van der Waals surface area (Å²) in [4.78, 5) is 33.0. The van der Waals surface area contributed by atoms with Gasteiger partial charge in [-0.15, -0.1) is 0 Å². The van der Waals surface area contributed by atoms with Crippen LogP contribution in [0.1, 0.15) is 48.2 Å². The maximum atomic E-state index is 12.9. The molecule has 3 aliphatic rings. The number of rotatable bonds is 8. The molecule has 1 aliphatic carbocycles. The van der Waals surface area contributed by atoms with Crippen LogP contribution < -0.4 is 10.9 Å². The number of nitrogens with one attached hydrogen (secondary N) is 2. The second kappa shape index (κ2) is 11.6. The lowest BCUT2D eigenvalue weighted by Gasteiger charge is -2.48. The van der Waals surface area contributed by atoms with Gasteiger partial charge in [-0.25, -0.2) is 0 Å². The minimum Gasteiger partial charge on any atom is -0.379 e. The summed E-state index contributed by atoms with van der Waals surface area (Å²) in [6.07, 6.45) is 5.78. The lowest BCUT2D eigenvalue weighted by Crippen LogP contribution is -2.59. The van der Waals surface area contributed by atoms with Crippen molar-refractivity contribution in [2.24, 2.45) is 0 Å². The van der Waals surface area contributed by atoms with Gasteiger partial charge < -0.3 is 24.5 Å². The van der Waals surface area contributed by atoms with Crippen LogP contribution in [0, 0.1) is 0 Å². The Labute approximate surface area is 195 Å². The van der Waals surface area contributed by atoms with Crippen molar-refractivity contribution in [1.29, 1.82) is 0 Å². The monoisotopic (exact) mass is 462 g/mol. The van der Waals surface area contributed by atoms with Gasteiger partial charge >= 0.3 is 0 Å². The summed E-state index contributed by atoms with van der Waals surface area (Å²) in [5, 5.41) is 3.08. The predicted molar refractivity (Wildman–Crippen MR) is 124 cm³/mol. The van der Waals surface area contributed by atoms with Crippen LogP contribution in [0.5, 0.6) is 0 Å². The Balaban J connectivity index is 1.34. The molecule has 9 nitrogen and oxygen atoms in total. The van der Waals surface area contributed by atoms with Crippen molar-refractivity contribution < 1.29 is 19.0 Å². The molecule has 184 valence electrons. The van der Waals surface area contributed by atoms with E-state index in [1.165, 1.54) is 19.3 Å². The molecule has 2 aliphatic heterocycles. The molecule has 3 fully saturated rings. The van der Waals surface area contributed by atoms with Gasteiger partial charge in [-0.05, 0) is 32.0 Å². The molecule has 0 spiro atoms. The topological polar surface area (TPSA) is 96.1 Å². The zero-order valence-electron chi connectivity index (χ0n) is 19.8. The zero-order valence-corrected chi connectivity index (χ0v) is 19.8. The van der Waals surface area contributed by atoms with Crippen molar-refractivity contribution >= 4 is 5.91 Å². The molecule has 1 aromatic heterocycles. The van der Waals surface area contributed by atoms with Crippen molar-refractivity contribution in [2.75, 3.05) is 66.3 Å². The normalized spacial score (nSPS) is 24.0. The number of pyridine rings is 1. The Bertz CT molecular complexity index is 826. The van der Waals surface area contributed by atoms with E-state index < -0.39 is 0 Å². The number of carbonyl (C=O) groups excluding carboxylic acids is 1. The molecule has 0 aromatic carbocycles. The number of morpholine rings is 1. The van der Waals surface area contributed by atoms with Gasteiger partial charge in [0.15, 0.2) is 0 Å². The van der Waals surface area contributed by atoms with Crippen molar-refractivity contribution in [3.63, 3.8) is 0 Å². The maximum Gasteiger partial charge on any atom is 0.261 e. The number of hydrogen-bond acceptors (Lipinski definition) is 7. The Morgan fingerprint density at radius 1 is 1.15 bits per heavy atom. The van der Waals surface area contributed by atoms with Gasteiger partial charge in [0.05, 0.1) is 39.1 Å². The van der Waals surface area contributed by atoms with E-state index in [1.807, 2.05) is 13.1 Å². The molecule has 1 amide bonds. The van der Waals surface area contributed by atoms with Gasteiger partial charge in [-0.2, -0.15) is 0 Å². The van der Waals surface area contributed by atoms with E-state index in [1.54, 1.807) is 6.07 Å². The number of H-pyrrole nitrogens is 1. The molecule has 2 N–H and O–H groups in total. The summed E-state index contributed by atoms with van der Waals surface area (Å²) < 4.78 is 16.7. The summed E-state index contributed by atoms with van der Waals surface area (Å²) in [6.45, 7) is 6.98. The van der Waals surface area contributed by atoms with Gasteiger partial charge in [0, 0.05) is 44.0 Å². The summed E-state index contributed by atoms with van der Waals surface area (Å²) in [5.41, 5.74) is 0.559. The summed E-state index contributed by atoms with van der Waals surface area (Å²) in [7, 11) is 1.98. The first kappa shape index (κ1) is 24.3. The molecular weight excluding hydrogens is 424 g/mol. The second-order valence-electron chi connectivity index (χ2n) is 9.56. The van der Waals surface area contributed by atoms with E-state index >= 15 is 0 Å². The fourth-order valence-electron chi connectivity index (χ4n) is 5.32. The third-order valence-corrected chi connectivity index (χ3v) is 7.10. The number of nitrogens with zero attached hydrogens (tertiary/aromatic N) is 2. The van der Waals surface area contributed by atoms with Crippen LogP contribution in [-0.2, 0) is 20.8 Å². The van der Waals surface area contributed by atoms with Gasteiger partial charge in [-0.1, -0.05) is 19.3 Å². The number of aromatic amines is 1. The SMILES string of the molecule is CN(Cc1ccc(C(=O)NCC2(N3CCOCC3)CCCCC2)c(=O)[nH]1)C[C@H]1COCCO1. The van der Waals surface area contributed by atoms with Crippen molar-refractivity contribution in [3.05, 3.63) is 33.7 Å². The highest BCUT2D eigenvalue weighted by Crippen LogP contribution is 2.33. The maximum absolute atomic E-state index is 12.9. The average Bonchev–Trinajstić information content (AvgIpc) is 2.84. The Hall–Kier alpha value is -1.78. The van der Waals surface area contributed by atoms with Crippen molar-refractivity contribution in [2.45, 2.75) is 50.3 Å². The molecule has 2 saturated heterocycles. The molecule has 1 atom stereocenters. The average molecular weight is 463 g/mol. The van der Waals surface area contributed by atoms with Crippen LogP contribution >= 0.6 is 0 Å². The molecule has 1 aromatic rings. The minimum atomic E-state index is -0.347. The minimum absolute atomic E-state index is 0.0298. The third-order valence-electron chi connectivity index (χ3n) is 7.10. The van der Waals surface area contributed by atoms with Gasteiger partial charge in [0.25, 0.3) is 11.5 Å². The number of hydrogen-bond donors (Lipinski definition) is 2. The van der Waals surface area contributed by atoms with Crippen LogP contribution in [0.4, 0.5) is 0 Å². The number of aromatic nitrogens is 1. The van der Waals surface area contributed by atoms with Crippen LogP contribution in [0.15, 0.2) is 16.9 Å². The first-order valence-corrected chi connectivity index (χ1v) is 12.3. The highest BCUT2D eigenvalue weighted by atomic mass is 16.6. The quantitative estimate of drug-likeness (QED) is 0.595. The largest absolute Gasteiger partial charge is 0.379 e. The van der Waals surface area contributed by atoms with Crippen LogP contribution in [0.3, 0.4) is 0 Å². The van der Waals surface area contributed by atoms with E-state index in [0.29, 0.717) is 39.5 Å². The molecule has 3 heterocycles. The number of likely N-dealkylation sites (N-methyl/N-ethyl adjacent to an activating group) is 1. The van der Waals surface area contributed by atoms with Gasteiger partial charge in [0.1, 0.15) is 5.56 Å². The number of carbonyl (C=O) groups is 1. The van der Waals surface area contributed by atoms with Crippen molar-refractivity contribution in [3.8, 4) is 0 Å². The second-order valence-corrected chi connectivity index (χ2v) is 9.56. The van der Waals surface area contributed by atoms with Gasteiger partial charge in [-0.3, -0.25) is 19.4 Å². The van der Waals surface area contributed by atoms with Crippen molar-refractivity contribution in [1.82, 2.24) is 20.1 Å². The zero-order chi connectivity index (χ0) is 23.1. The fraction of sp³-hybridized carbons (Fsp3) is 0.750. The van der Waals surface area contributed by atoms with Gasteiger partial charge in [0.2, 0.25) is 0 Å². The molecule has 0 unspecified atom stereocenters. The fourth-order valence-corrected chi connectivity index (χ4v) is 5.32. The van der Waals surface area contributed by atoms with Crippen LogP contribution in [-0.4, -0.2) is 98.6 Å². The lowest BCUT2D eigenvalue weighted by molar-refractivity contribution is -0.0963. The molecule has 33 heavy (non-hydrogen) atoms. The number of ether oxygens (including phenoxy) is 3. The van der Waals surface area contributed by atoms with E-state index in [-0.39, 0.29) is 28.7 Å². The van der Waals surface area contributed by atoms with E-state index in [0.717, 1.165) is 44.8 Å². The highest BCUT2D eigenvalue weighted by molar-refractivity contribution is 5.93. The summed E-state index contributed by atoms with van der Waals surface area (Å²) in [5.74, 6) is -0.304. The molecule has 0 bridgehead atoms. The van der Waals surface area contributed by atoms with E-state index in [4.69, 9.17) is 14.2 Å². The molecule has 4 rings (SSSR count). The Kier molecular flexibility index (Phi) is 8.54. The van der Waals surface area contributed by atoms with Crippen LogP contribution in [0.2, 0.25) is 0 Å². The molecule has 0 radical (unpaired) electrons. The standard InChI is InChI=1S/C24H38N4O5/c1-27(16-20-17-32-13-14-33-20)15-19-5-6-21(23(30)26-19)22(29)25-18-24(7-3-2-4-8-24)28-9-11-31-12-10-28/h5-6,20H,2-4,7-18H2,1H3,(H,25,29)(H,26,30)/t20-/m0/s1. The molecule has 1 saturated carbocycles. The Morgan fingerprint density at radius 2 is 1.94 bits per heavy atom. The first-order valence-electron chi connectivity index (χ1n) is 12.3. The van der Waals surface area contributed by atoms with E-state index in [2.05, 4.69) is 20.1 Å². The predicted octanol–water partition coefficient (Wildman–Crippen LogP) is 0.987. The van der Waals surface area contributed by atoms with E-state index in [9.17, 15) is 9.59 Å². The van der Waals surface area contributed by atoms with Crippen LogP contribution in [0.25, 0.3) is 0 Å². The first-order chi connectivity index (χ1) is 16.1. The Morgan fingerprint density at radius 3 is 2.64 bits per heavy atom. The highest BCUT2D eigenvalue weighted by Gasteiger charge is 2.39. The molecular formula is C24H38N4O5. The third kappa shape index (κ3) is 6.42. The summed E-state index contributed by atoms with van der Waals surface area (Å²) >= 11 is 0. The lowest BCUT2D eigenvalue weighted by atomic mass is 9.79. The number of amides is 1. The smallest absolute Gasteiger partial charge is 0.261 e.